The minimum absolute atomic E-state index is 0.359. The average molecular weight is 352 g/mol. The number of carbonyl (C=O) groups is 1. The Morgan fingerprint density at radius 2 is 1.68 bits per heavy atom. The van der Waals surface area contributed by atoms with Crippen LogP contribution in [0.4, 0.5) is 0 Å². The maximum Gasteiger partial charge on any atom is 0.490 e. The first-order chi connectivity index (χ1) is 11.3. The van der Waals surface area contributed by atoms with Crippen LogP contribution in [0.3, 0.4) is 0 Å². The summed E-state index contributed by atoms with van der Waals surface area (Å²) in [6.45, 7) is 16.3. The number of rotatable bonds is 5. The molecule has 0 aromatic heterocycles. The minimum Gasteiger partial charge on any atom is -0.463 e. The van der Waals surface area contributed by atoms with E-state index in [2.05, 4.69) is 6.92 Å². The number of unbranched alkanes of at least 4 members (excludes halogenated alkanes) is 1. The highest BCUT2D eigenvalue weighted by atomic mass is 16.7. The molecule has 0 N–H and O–H groups in total. The van der Waals surface area contributed by atoms with Crippen molar-refractivity contribution in [3.63, 3.8) is 0 Å². The Hall–Kier alpha value is -0.845. The van der Waals surface area contributed by atoms with Crippen LogP contribution in [0.1, 0.15) is 74.7 Å². The standard InChI is InChI=1S/C19H33BO5/c1-9-10-11-22-15(21)19(8)13-14(12-16(2,3)23-19)20-24-17(4,5)18(6,7)25-20/h13H,9-12H2,1-8H3. The van der Waals surface area contributed by atoms with E-state index in [0.29, 0.717) is 13.0 Å². The van der Waals surface area contributed by atoms with E-state index in [9.17, 15) is 4.79 Å². The second kappa shape index (κ2) is 6.71. The molecule has 0 aliphatic carbocycles. The van der Waals surface area contributed by atoms with E-state index in [1.807, 2.05) is 47.6 Å². The van der Waals surface area contributed by atoms with Gasteiger partial charge in [0.2, 0.25) is 0 Å². The maximum atomic E-state index is 12.6. The monoisotopic (exact) mass is 352 g/mol. The van der Waals surface area contributed by atoms with Crippen molar-refractivity contribution in [2.75, 3.05) is 6.61 Å². The molecule has 2 aliphatic heterocycles. The first kappa shape index (κ1) is 20.5. The number of esters is 1. The molecule has 2 rings (SSSR count). The zero-order valence-electron chi connectivity index (χ0n) is 17.0. The number of carbonyl (C=O) groups excluding carboxylic acids is 1. The van der Waals surface area contributed by atoms with Gasteiger partial charge in [0.05, 0.1) is 23.4 Å². The summed E-state index contributed by atoms with van der Waals surface area (Å²) < 4.78 is 23.8. The summed E-state index contributed by atoms with van der Waals surface area (Å²) in [7, 11) is -0.476. The molecule has 1 fully saturated rings. The summed E-state index contributed by atoms with van der Waals surface area (Å²) in [6, 6.07) is 0. The van der Waals surface area contributed by atoms with Crippen LogP contribution in [-0.4, -0.2) is 42.1 Å². The van der Waals surface area contributed by atoms with Crippen LogP contribution >= 0.6 is 0 Å². The van der Waals surface area contributed by atoms with Gasteiger partial charge in [-0.3, -0.25) is 0 Å². The van der Waals surface area contributed by atoms with E-state index in [1.165, 1.54) is 0 Å². The Balaban J connectivity index is 2.25. The quantitative estimate of drug-likeness (QED) is 0.427. The molecule has 0 spiro atoms. The summed E-state index contributed by atoms with van der Waals surface area (Å²) in [4.78, 5) is 12.6. The molecule has 2 heterocycles. The van der Waals surface area contributed by atoms with E-state index in [1.54, 1.807) is 6.92 Å². The SMILES string of the molecule is CCCCOC(=O)C1(C)C=C(B2OC(C)(C)C(C)(C)O2)CC(C)(C)O1. The van der Waals surface area contributed by atoms with Crippen molar-refractivity contribution in [1.29, 1.82) is 0 Å². The summed E-state index contributed by atoms with van der Waals surface area (Å²) >= 11 is 0. The Labute approximate surface area is 152 Å². The van der Waals surface area contributed by atoms with Crippen molar-refractivity contribution in [2.24, 2.45) is 0 Å². The van der Waals surface area contributed by atoms with Crippen LogP contribution in [0, 0.1) is 0 Å². The van der Waals surface area contributed by atoms with Crippen molar-refractivity contribution >= 4 is 13.1 Å². The molecule has 2 aliphatic rings. The first-order valence-corrected chi connectivity index (χ1v) is 9.27. The van der Waals surface area contributed by atoms with Gasteiger partial charge in [0.25, 0.3) is 0 Å². The Bertz CT molecular complexity index is 536. The van der Waals surface area contributed by atoms with Crippen LogP contribution in [-0.2, 0) is 23.6 Å². The number of hydrogen-bond donors (Lipinski definition) is 0. The van der Waals surface area contributed by atoms with Crippen molar-refractivity contribution in [3.05, 3.63) is 11.5 Å². The largest absolute Gasteiger partial charge is 0.490 e. The normalized spacial score (nSPS) is 30.1. The van der Waals surface area contributed by atoms with Gasteiger partial charge in [-0.15, -0.1) is 0 Å². The topological polar surface area (TPSA) is 54.0 Å². The predicted octanol–water partition coefficient (Wildman–Crippen LogP) is 3.85. The summed E-state index contributed by atoms with van der Waals surface area (Å²) in [5.41, 5.74) is -1.54. The van der Waals surface area contributed by atoms with Gasteiger partial charge in [-0.25, -0.2) is 4.79 Å². The van der Waals surface area contributed by atoms with Gasteiger partial charge in [0.15, 0.2) is 5.60 Å². The van der Waals surface area contributed by atoms with Gasteiger partial charge < -0.3 is 18.8 Å². The zero-order valence-corrected chi connectivity index (χ0v) is 17.0. The lowest BCUT2D eigenvalue weighted by atomic mass is 9.69. The molecule has 0 aromatic rings. The molecular formula is C19H33BO5. The van der Waals surface area contributed by atoms with E-state index in [0.717, 1.165) is 18.3 Å². The lowest BCUT2D eigenvalue weighted by Crippen LogP contribution is -2.50. The lowest BCUT2D eigenvalue weighted by Gasteiger charge is -2.40. The smallest absolute Gasteiger partial charge is 0.463 e. The van der Waals surface area contributed by atoms with Crippen LogP contribution in [0.15, 0.2) is 11.5 Å². The zero-order chi connectivity index (χ0) is 19.1. The Morgan fingerprint density at radius 1 is 1.12 bits per heavy atom. The number of ether oxygens (including phenoxy) is 2. The third-order valence-electron chi connectivity index (χ3n) is 5.27. The van der Waals surface area contributed by atoms with E-state index < -0.39 is 29.5 Å². The van der Waals surface area contributed by atoms with Crippen LogP contribution in [0.2, 0.25) is 0 Å². The molecule has 25 heavy (non-hydrogen) atoms. The molecule has 1 atom stereocenters. The maximum absolute atomic E-state index is 12.6. The molecule has 5 nitrogen and oxygen atoms in total. The van der Waals surface area contributed by atoms with Gasteiger partial charge in [0, 0.05) is 0 Å². The van der Waals surface area contributed by atoms with Gasteiger partial charge in [-0.1, -0.05) is 13.3 Å². The molecule has 0 aromatic carbocycles. The van der Waals surface area contributed by atoms with Crippen molar-refractivity contribution < 1.29 is 23.6 Å². The van der Waals surface area contributed by atoms with E-state index in [4.69, 9.17) is 18.8 Å². The van der Waals surface area contributed by atoms with Crippen molar-refractivity contribution in [2.45, 2.75) is 97.1 Å². The highest BCUT2D eigenvalue weighted by Gasteiger charge is 2.55. The summed E-state index contributed by atoms with van der Waals surface area (Å²) in [6.07, 6.45) is 4.29. The molecule has 0 radical (unpaired) electrons. The second-order valence-corrected chi connectivity index (χ2v) is 8.94. The van der Waals surface area contributed by atoms with Crippen LogP contribution in [0.5, 0.6) is 0 Å². The minimum atomic E-state index is -1.13. The molecule has 1 unspecified atom stereocenters. The molecule has 1 saturated heterocycles. The van der Waals surface area contributed by atoms with Crippen molar-refractivity contribution in [1.82, 2.24) is 0 Å². The highest BCUT2D eigenvalue weighted by molar-refractivity contribution is 6.54. The summed E-state index contributed by atoms with van der Waals surface area (Å²) in [5, 5.41) is 0. The van der Waals surface area contributed by atoms with E-state index in [-0.39, 0.29) is 5.97 Å². The molecule has 142 valence electrons. The lowest BCUT2D eigenvalue weighted by molar-refractivity contribution is -0.182. The Morgan fingerprint density at radius 3 is 2.20 bits per heavy atom. The third-order valence-corrected chi connectivity index (χ3v) is 5.27. The number of hydrogen-bond acceptors (Lipinski definition) is 5. The fraction of sp³-hybridized carbons (Fsp3) is 0.842. The Kier molecular flexibility index (Phi) is 5.49. The van der Waals surface area contributed by atoms with Gasteiger partial charge in [0.1, 0.15) is 0 Å². The summed E-state index contributed by atoms with van der Waals surface area (Å²) in [5.74, 6) is -0.359. The second-order valence-electron chi connectivity index (χ2n) is 8.94. The van der Waals surface area contributed by atoms with Crippen molar-refractivity contribution in [3.8, 4) is 0 Å². The molecule has 6 heteroatoms. The predicted molar refractivity (Wildman–Crippen MR) is 98.2 cm³/mol. The van der Waals surface area contributed by atoms with Gasteiger partial charge >= 0.3 is 13.1 Å². The third kappa shape index (κ3) is 4.29. The highest BCUT2D eigenvalue weighted by Crippen LogP contribution is 2.43. The molecular weight excluding hydrogens is 319 g/mol. The first-order valence-electron chi connectivity index (χ1n) is 9.27. The van der Waals surface area contributed by atoms with E-state index >= 15 is 0 Å². The molecule has 0 bridgehead atoms. The molecule has 0 saturated carbocycles. The molecule has 0 amide bonds. The fourth-order valence-electron chi connectivity index (χ4n) is 3.23. The fourth-order valence-corrected chi connectivity index (χ4v) is 3.23. The average Bonchev–Trinajstić information content (AvgIpc) is 2.65. The van der Waals surface area contributed by atoms with Crippen LogP contribution < -0.4 is 0 Å². The van der Waals surface area contributed by atoms with Gasteiger partial charge in [-0.2, -0.15) is 0 Å². The van der Waals surface area contributed by atoms with Gasteiger partial charge in [-0.05, 0) is 72.9 Å². The van der Waals surface area contributed by atoms with Crippen LogP contribution in [0.25, 0.3) is 0 Å².